The van der Waals surface area contributed by atoms with Gasteiger partial charge < -0.3 is 10.1 Å². The summed E-state index contributed by atoms with van der Waals surface area (Å²) < 4.78 is 6.62. The highest BCUT2D eigenvalue weighted by atomic mass is 79.9. The summed E-state index contributed by atoms with van der Waals surface area (Å²) in [6, 6.07) is 1.94. The molecule has 1 aromatic rings. The zero-order chi connectivity index (χ0) is 12.7. The second-order valence-corrected chi connectivity index (χ2v) is 5.94. The van der Waals surface area contributed by atoms with Crippen molar-refractivity contribution in [3.05, 3.63) is 22.3 Å². The molecule has 4 nitrogen and oxygen atoms in total. The second kappa shape index (κ2) is 4.63. The molecule has 0 saturated carbocycles. The molecule has 3 rings (SSSR count). The summed E-state index contributed by atoms with van der Waals surface area (Å²) in [4.78, 5) is 16.4. The number of halogens is 1. The second-order valence-electron chi connectivity index (χ2n) is 5.02. The molecule has 2 saturated heterocycles. The highest BCUT2D eigenvalue weighted by molar-refractivity contribution is 9.10. The van der Waals surface area contributed by atoms with E-state index in [-0.39, 0.29) is 17.9 Å². The van der Waals surface area contributed by atoms with Crippen molar-refractivity contribution >= 4 is 27.7 Å². The number of amides is 1. The number of pyridine rings is 1. The lowest BCUT2D eigenvalue weighted by atomic mass is 9.88. The van der Waals surface area contributed by atoms with Crippen molar-refractivity contribution in [2.45, 2.75) is 38.4 Å². The zero-order valence-electron chi connectivity index (χ0n) is 10.1. The quantitative estimate of drug-likeness (QED) is 0.913. The van der Waals surface area contributed by atoms with Crippen LogP contribution in [0.1, 0.15) is 24.8 Å². The number of ether oxygens (including phenoxy) is 1. The fraction of sp³-hybridized carbons (Fsp3) is 0.538. The van der Waals surface area contributed by atoms with E-state index >= 15 is 0 Å². The maximum atomic E-state index is 12.2. The Labute approximate surface area is 114 Å². The van der Waals surface area contributed by atoms with Gasteiger partial charge >= 0.3 is 0 Å². The smallest absolute Gasteiger partial charge is 0.231 e. The monoisotopic (exact) mass is 310 g/mol. The minimum atomic E-state index is -0.00593. The molecule has 1 amide bonds. The van der Waals surface area contributed by atoms with Crippen LogP contribution in [-0.2, 0) is 9.53 Å². The van der Waals surface area contributed by atoms with Crippen LogP contribution in [0.25, 0.3) is 0 Å². The van der Waals surface area contributed by atoms with E-state index in [1.165, 1.54) is 0 Å². The number of aromatic nitrogens is 1. The third kappa shape index (κ3) is 2.17. The van der Waals surface area contributed by atoms with Crippen LogP contribution >= 0.6 is 15.9 Å². The molecule has 5 heteroatoms. The van der Waals surface area contributed by atoms with E-state index in [2.05, 4.69) is 26.2 Å². The predicted octanol–water partition coefficient (Wildman–Crippen LogP) is 2.66. The Morgan fingerprint density at radius 3 is 3.00 bits per heavy atom. The van der Waals surface area contributed by atoms with E-state index in [0.29, 0.717) is 11.9 Å². The number of hydrogen-bond donors (Lipinski definition) is 1. The summed E-state index contributed by atoms with van der Waals surface area (Å²) in [5.74, 6) is 0.680. The van der Waals surface area contributed by atoms with Crippen LogP contribution in [0.5, 0.6) is 0 Å². The van der Waals surface area contributed by atoms with Crippen molar-refractivity contribution in [1.82, 2.24) is 4.98 Å². The van der Waals surface area contributed by atoms with Gasteiger partial charge in [0, 0.05) is 10.7 Å². The van der Waals surface area contributed by atoms with Crippen molar-refractivity contribution in [3.63, 3.8) is 0 Å². The maximum absolute atomic E-state index is 12.2. The van der Waals surface area contributed by atoms with Gasteiger partial charge in [0.2, 0.25) is 5.91 Å². The Bertz CT molecular complexity index is 492. The number of fused-ring (bicyclic) bond motifs is 2. The number of anilines is 1. The van der Waals surface area contributed by atoms with Gasteiger partial charge in [0.15, 0.2) is 0 Å². The SMILES string of the molecule is Cc1cc(Br)cnc1NC(=O)[C@@H]1C[C@H]2CC[C@H]1O2. The molecule has 1 aromatic heterocycles. The first-order chi connectivity index (χ1) is 8.63. The Morgan fingerprint density at radius 1 is 1.56 bits per heavy atom. The van der Waals surface area contributed by atoms with Crippen LogP contribution in [0, 0.1) is 12.8 Å². The number of aryl methyl sites for hydroxylation is 1. The third-order valence-electron chi connectivity index (χ3n) is 3.73. The summed E-state index contributed by atoms with van der Waals surface area (Å²) in [5.41, 5.74) is 0.960. The lowest BCUT2D eigenvalue weighted by Crippen LogP contribution is -2.31. The van der Waals surface area contributed by atoms with Crippen LogP contribution in [0.3, 0.4) is 0 Å². The first-order valence-corrected chi connectivity index (χ1v) is 7.01. The van der Waals surface area contributed by atoms with Crippen molar-refractivity contribution < 1.29 is 9.53 Å². The molecule has 0 spiro atoms. The minimum absolute atomic E-state index is 0.00593. The molecule has 3 heterocycles. The predicted molar refractivity (Wildman–Crippen MR) is 71.3 cm³/mol. The van der Waals surface area contributed by atoms with E-state index in [4.69, 9.17) is 4.74 Å². The standard InChI is InChI=1S/C13H15BrN2O2/c1-7-4-8(14)6-15-12(7)16-13(17)10-5-9-2-3-11(10)18-9/h4,6,9-11H,2-3,5H2,1H3,(H,15,16,17)/t9-,10-,11-/m1/s1. The first-order valence-electron chi connectivity index (χ1n) is 6.22. The van der Waals surface area contributed by atoms with Gasteiger partial charge in [-0.1, -0.05) is 0 Å². The molecule has 0 aromatic carbocycles. The average Bonchev–Trinajstić information content (AvgIpc) is 2.94. The third-order valence-corrected chi connectivity index (χ3v) is 4.16. The molecule has 96 valence electrons. The van der Waals surface area contributed by atoms with Crippen LogP contribution < -0.4 is 5.32 Å². The molecular formula is C13H15BrN2O2. The van der Waals surface area contributed by atoms with Gasteiger partial charge in [-0.3, -0.25) is 4.79 Å². The normalized spacial score (nSPS) is 29.6. The summed E-state index contributed by atoms with van der Waals surface area (Å²) in [7, 11) is 0. The molecule has 2 aliphatic rings. The van der Waals surface area contributed by atoms with E-state index < -0.39 is 0 Å². The van der Waals surface area contributed by atoms with Gasteiger partial charge in [-0.15, -0.1) is 0 Å². The van der Waals surface area contributed by atoms with Gasteiger partial charge in [-0.2, -0.15) is 0 Å². The summed E-state index contributed by atoms with van der Waals surface area (Å²) in [5, 5.41) is 2.91. The van der Waals surface area contributed by atoms with Crippen LogP contribution in [0.15, 0.2) is 16.7 Å². The zero-order valence-corrected chi connectivity index (χ0v) is 11.7. The van der Waals surface area contributed by atoms with E-state index in [1.807, 2.05) is 13.0 Å². The molecule has 0 radical (unpaired) electrons. The number of hydrogen-bond acceptors (Lipinski definition) is 3. The van der Waals surface area contributed by atoms with Crippen LogP contribution in [-0.4, -0.2) is 23.1 Å². The molecular weight excluding hydrogens is 296 g/mol. The van der Waals surface area contributed by atoms with Gasteiger partial charge in [0.05, 0.1) is 18.1 Å². The number of nitrogens with zero attached hydrogens (tertiary/aromatic N) is 1. The van der Waals surface area contributed by atoms with E-state index in [9.17, 15) is 4.79 Å². The largest absolute Gasteiger partial charge is 0.374 e. The van der Waals surface area contributed by atoms with Gasteiger partial charge in [-0.05, 0) is 53.7 Å². The van der Waals surface area contributed by atoms with E-state index in [0.717, 1.165) is 29.3 Å². The van der Waals surface area contributed by atoms with Gasteiger partial charge in [0.1, 0.15) is 5.82 Å². The van der Waals surface area contributed by atoms with Crippen LogP contribution in [0.2, 0.25) is 0 Å². The minimum Gasteiger partial charge on any atom is -0.374 e. The highest BCUT2D eigenvalue weighted by Gasteiger charge is 2.44. The fourth-order valence-corrected chi connectivity index (χ4v) is 3.24. The fourth-order valence-electron chi connectivity index (χ4n) is 2.79. The number of carbonyl (C=O) groups is 1. The number of carbonyl (C=O) groups excluding carboxylic acids is 1. The Morgan fingerprint density at radius 2 is 2.39 bits per heavy atom. The molecule has 0 unspecified atom stereocenters. The van der Waals surface area contributed by atoms with Crippen molar-refractivity contribution in [2.75, 3.05) is 5.32 Å². The Kier molecular flexibility index (Phi) is 3.11. The summed E-state index contributed by atoms with van der Waals surface area (Å²) >= 11 is 3.36. The molecule has 0 aliphatic carbocycles. The molecule has 2 fully saturated rings. The Hall–Kier alpha value is -0.940. The molecule has 3 atom stereocenters. The van der Waals surface area contributed by atoms with E-state index in [1.54, 1.807) is 6.20 Å². The molecule has 2 aliphatic heterocycles. The summed E-state index contributed by atoms with van der Waals surface area (Å²) in [6.07, 6.45) is 5.07. The van der Waals surface area contributed by atoms with Crippen LogP contribution in [0.4, 0.5) is 5.82 Å². The average molecular weight is 311 g/mol. The molecule has 18 heavy (non-hydrogen) atoms. The van der Waals surface area contributed by atoms with Crippen molar-refractivity contribution in [3.8, 4) is 0 Å². The summed E-state index contributed by atoms with van der Waals surface area (Å²) in [6.45, 7) is 1.94. The molecule has 2 bridgehead atoms. The topological polar surface area (TPSA) is 51.2 Å². The molecule has 1 N–H and O–H groups in total. The maximum Gasteiger partial charge on any atom is 0.231 e. The van der Waals surface area contributed by atoms with Crippen molar-refractivity contribution in [2.24, 2.45) is 5.92 Å². The highest BCUT2D eigenvalue weighted by Crippen LogP contribution is 2.39. The van der Waals surface area contributed by atoms with Crippen molar-refractivity contribution in [1.29, 1.82) is 0 Å². The lowest BCUT2D eigenvalue weighted by Gasteiger charge is -2.18. The van der Waals surface area contributed by atoms with Gasteiger partial charge in [-0.25, -0.2) is 4.98 Å². The number of rotatable bonds is 2. The Balaban J connectivity index is 1.71. The lowest BCUT2D eigenvalue weighted by molar-refractivity contribution is -0.121. The van der Waals surface area contributed by atoms with Gasteiger partial charge in [0.25, 0.3) is 0 Å². The first kappa shape index (κ1) is 12.1. The number of nitrogens with one attached hydrogen (secondary N) is 1.